The van der Waals surface area contributed by atoms with Crippen molar-refractivity contribution >= 4 is 10.9 Å². The van der Waals surface area contributed by atoms with Crippen LogP contribution in [-0.4, -0.2) is 6.10 Å². The molecule has 1 aliphatic heterocycles. The summed E-state index contributed by atoms with van der Waals surface area (Å²) in [6, 6.07) is 21.2. The minimum absolute atomic E-state index is 0.197. The topological polar surface area (TPSA) is 13.1 Å². The van der Waals surface area contributed by atoms with E-state index in [2.05, 4.69) is 72.2 Å². The normalized spacial score (nSPS) is 16.9. The summed E-state index contributed by atoms with van der Waals surface area (Å²) in [6.45, 7) is 3.01. The highest BCUT2D eigenvalue weighted by Gasteiger charge is 2.28. The van der Waals surface area contributed by atoms with E-state index in [1.807, 2.05) is 0 Å². The van der Waals surface area contributed by atoms with Gasteiger partial charge in [0.25, 0.3) is 5.52 Å². The molecule has 0 spiro atoms. The summed E-state index contributed by atoms with van der Waals surface area (Å²) in [5.74, 6) is 0.985. The van der Waals surface area contributed by atoms with E-state index in [1.54, 1.807) is 0 Å². The quantitative estimate of drug-likeness (QED) is 0.611. The van der Waals surface area contributed by atoms with Crippen molar-refractivity contribution in [3.05, 3.63) is 60.7 Å². The first-order valence-electron chi connectivity index (χ1n) is 7.00. The van der Waals surface area contributed by atoms with Crippen LogP contribution in [0.1, 0.15) is 6.92 Å². The highest BCUT2D eigenvalue weighted by Crippen LogP contribution is 2.29. The zero-order valence-corrected chi connectivity index (χ0v) is 11.4. The van der Waals surface area contributed by atoms with E-state index < -0.39 is 0 Å². The van der Waals surface area contributed by atoms with E-state index in [0.29, 0.717) is 0 Å². The second kappa shape index (κ2) is 4.34. The van der Waals surface area contributed by atoms with E-state index in [0.717, 1.165) is 12.3 Å². The molecule has 98 valence electrons. The molecule has 0 aliphatic carbocycles. The highest BCUT2D eigenvalue weighted by atomic mass is 16.5. The summed E-state index contributed by atoms with van der Waals surface area (Å²) in [5.41, 5.74) is 3.70. The Labute approximate surface area is 118 Å². The van der Waals surface area contributed by atoms with Crippen molar-refractivity contribution in [1.82, 2.24) is 0 Å². The zero-order valence-electron chi connectivity index (χ0n) is 11.4. The van der Waals surface area contributed by atoms with Gasteiger partial charge in [-0.1, -0.05) is 24.3 Å². The molecule has 0 N–H and O–H groups in total. The van der Waals surface area contributed by atoms with Crippen LogP contribution in [0.2, 0.25) is 0 Å². The Balaban J connectivity index is 2.06. The standard InChI is InChI=1S/C18H16NO/c1-13-12-19-16(14-6-3-2-4-7-14)11-10-15-8-5-9-17(20-13)18(15)19/h2-11,13H,12H2,1H3/q+1. The molecule has 2 aromatic carbocycles. The monoisotopic (exact) mass is 262 g/mol. The Kier molecular flexibility index (Phi) is 2.49. The molecule has 0 bridgehead atoms. The van der Waals surface area contributed by atoms with E-state index in [-0.39, 0.29) is 6.10 Å². The van der Waals surface area contributed by atoms with Gasteiger partial charge in [0, 0.05) is 11.6 Å². The molecule has 0 fully saturated rings. The van der Waals surface area contributed by atoms with Crippen LogP contribution in [0.4, 0.5) is 0 Å². The molecule has 3 aromatic rings. The fourth-order valence-corrected chi connectivity index (χ4v) is 3.00. The van der Waals surface area contributed by atoms with Crippen LogP contribution in [0.15, 0.2) is 60.7 Å². The maximum Gasteiger partial charge on any atom is 0.255 e. The first kappa shape index (κ1) is 11.5. The lowest BCUT2D eigenvalue weighted by molar-refractivity contribution is -0.671. The minimum atomic E-state index is 0.197. The number of aromatic nitrogens is 1. The summed E-state index contributed by atoms with van der Waals surface area (Å²) in [6.07, 6.45) is 0.197. The molecule has 20 heavy (non-hydrogen) atoms. The Morgan fingerprint density at radius 2 is 1.80 bits per heavy atom. The zero-order chi connectivity index (χ0) is 13.5. The van der Waals surface area contributed by atoms with Crippen LogP contribution in [0.3, 0.4) is 0 Å². The SMILES string of the molecule is CC1C[n+]2c(-c3ccccc3)ccc3cccc(c32)O1. The van der Waals surface area contributed by atoms with Crippen LogP contribution in [-0.2, 0) is 6.54 Å². The van der Waals surface area contributed by atoms with Crippen molar-refractivity contribution in [1.29, 1.82) is 0 Å². The lowest BCUT2D eigenvalue weighted by atomic mass is 10.1. The Morgan fingerprint density at radius 3 is 2.65 bits per heavy atom. The van der Waals surface area contributed by atoms with Crippen molar-refractivity contribution in [3.8, 4) is 17.0 Å². The lowest BCUT2D eigenvalue weighted by Crippen LogP contribution is -2.46. The molecule has 2 nitrogen and oxygen atoms in total. The predicted molar refractivity (Wildman–Crippen MR) is 79.7 cm³/mol. The smallest absolute Gasteiger partial charge is 0.255 e. The van der Waals surface area contributed by atoms with Gasteiger partial charge >= 0.3 is 0 Å². The second-order valence-corrected chi connectivity index (χ2v) is 5.32. The fraction of sp³-hybridized carbons (Fsp3) is 0.167. The third kappa shape index (κ3) is 1.68. The van der Waals surface area contributed by atoms with Crippen LogP contribution >= 0.6 is 0 Å². The number of ether oxygens (including phenoxy) is 1. The molecule has 4 rings (SSSR count). The second-order valence-electron chi connectivity index (χ2n) is 5.32. The molecular formula is C18H16NO+. The summed E-state index contributed by atoms with van der Waals surface area (Å²) < 4.78 is 8.36. The minimum Gasteiger partial charge on any atom is -0.477 e. The van der Waals surface area contributed by atoms with Gasteiger partial charge in [-0.3, -0.25) is 0 Å². The predicted octanol–water partition coefficient (Wildman–Crippen LogP) is 3.58. The molecular weight excluding hydrogens is 246 g/mol. The van der Waals surface area contributed by atoms with Crippen LogP contribution < -0.4 is 9.30 Å². The van der Waals surface area contributed by atoms with Gasteiger partial charge in [0.2, 0.25) is 5.69 Å². The van der Waals surface area contributed by atoms with E-state index >= 15 is 0 Å². The third-order valence-corrected chi connectivity index (χ3v) is 3.85. The van der Waals surface area contributed by atoms with Crippen LogP contribution in [0.25, 0.3) is 22.2 Å². The average molecular weight is 262 g/mol. The third-order valence-electron chi connectivity index (χ3n) is 3.85. The molecule has 0 saturated carbocycles. The van der Waals surface area contributed by atoms with Gasteiger partial charge in [0.15, 0.2) is 18.4 Å². The Morgan fingerprint density at radius 1 is 0.950 bits per heavy atom. The van der Waals surface area contributed by atoms with Gasteiger partial charge in [0.1, 0.15) is 0 Å². The number of nitrogens with zero attached hydrogens (tertiary/aromatic N) is 1. The fourth-order valence-electron chi connectivity index (χ4n) is 3.00. The molecule has 2 heteroatoms. The van der Waals surface area contributed by atoms with Crippen molar-refractivity contribution in [2.24, 2.45) is 0 Å². The van der Waals surface area contributed by atoms with Crippen molar-refractivity contribution in [2.45, 2.75) is 19.6 Å². The number of hydrogen-bond acceptors (Lipinski definition) is 1. The highest BCUT2D eigenvalue weighted by molar-refractivity contribution is 5.83. The number of hydrogen-bond donors (Lipinski definition) is 0. The van der Waals surface area contributed by atoms with E-state index in [4.69, 9.17) is 4.74 Å². The summed E-state index contributed by atoms with van der Waals surface area (Å²) in [5, 5.41) is 1.23. The van der Waals surface area contributed by atoms with Gasteiger partial charge in [-0.15, -0.1) is 0 Å². The Bertz CT molecular complexity index is 780. The first-order chi connectivity index (χ1) is 9.83. The van der Waals surface area contributed by atoms with E-state index in [9.17, 15) is 0 Å². The molecule has 0 amide bonds. The molecule has 1 aliphatic rings. The lowest BCUT2D eigenvalue weighted by Gasteiger charge is -2.20. The van der Waals surface area contributed by atoms with Crippen molar-refractivity contribution < 1.29 is 9.30 Å². The van der Waals surface area contributed by atoms with Crippen molar-refractivity contribution in [3.63, 3.8) is 0 Å². The summed E-state index contributed by atoms with van der Waals surface area (Å²) in [4.78, 5) is 0. The average Bonchev–Trinajstić information content (AvgIpc) is 2.48. The van der Waals surface area contributed by atoms with E-state index in [1.165, 1.54) is 22.2 Å². The van der Waals surface area contributed by atoms with Gasteiger partial charge in [-0.05, 0) is 37.3 Å². The van der Waals surface area contributed by atoms with Crippen LogP contribution in [0.5, 0.6) is 5.75 Å². The molecule has 0 saturated heterocycles. The van der Waals surface area contributed by atoms with Crippen molar-refractivity contribution in [2.75, 3.05) is 0 Å². The molecule has 1 unspecified atom stereocenters. The molecule has 1 atom stereocenters. The number of pyridine rings is 1. The first-order valence-corrected chi connectivity index (χ1v) is 7.00. The molecule has 2 heterocycles. The maximum absolute atomic E-state index is 5.97. The van der Waals surface area contributed by atoms with Crippen LogP contribution in [0, 0.1) is 0 Å². The van der Waals surface area contributed by atoms with Gasteiger partial charge < -0.3 is 4.74 Å². The van der Waals surface area contributed by atoms with Gasteiger partial charge in [-0.2, -0.15) is 4.57 Å². The summed E-state index contributed by atoms with van der Waals surface area (Å²) in [7, 11) is 0. The molecule has 0 radical (unpaired) electrons. The Hall–Kier alpha value is -2.35. The number of rotatable bonds is 1. The van der Waals surface area contributed by atoms with Gasteiger partial charge in [0.05, 0.1) is 5.39 Å². The van der Waals surface area contributed by atoms with Gasteiger partial charge in [-0.25, -0.2) is 0 Å². The molecule has 1 aromatic heterocycles. The number of benzene rings is 2. The number of para-hydroxylation sites is 1. The largest absolute Gasteiger partial charge is 0.477 e. The summed E-state index contributed by atoms with van der Waals surface area (Å²) >= 11 is 0. The maximum atomic E-state index is 5.97.